The number of rotatable bonds is 13. The van der Waals surface area contributed by atoms with Crippen molar-refractivity contribution >= 4 is 0 Å². The highest BCUT2D eigenvalue weighted by molar-refractivity contribution is 5.37. The molecule has 0 unspecified atom stereocenters. The third-order valence-electron chi connectivity index (χ3n) is 12.2. The van der Waals surface area contributed by atoms with Gasteiger partial charge in [-0.1, -0.05) is 166 Å². The second-order valence-corrected chi connectivity index (χ2v) is 16.8. The molecule has 2 aliphatic carbocycles. The zero-order valence-corrected chi connectivity index (χ0v) is 35.0. The minimum Gasteiger partial charge on any atom is -0.0945 e. The molecule has 2 aliphatic rings. The summed E-state index contributed by atoms with van der Waals surface area (Å²) in [5.41, 5.74) is 11.0. The molecule has 0 aliphatic heterocycles. The van der Waals surface area contributed by atoms with Crippen molar-refractivity contribution in [2.75, 3.05) is 0 Å². The van der Waals surface area contributed by atoms with E-state index in [9.17, 15) is 0 Å². The molecule has 0 saturated heterocycles. The standard InChI is InChI=1S/C28H36.C27H34/c1-3-4-5-6-7-8-24-15-19-27(20-16-24)28-21-17-26(18-22-28)14-13-25-11-9-23(2)10-12-25;1-3-4-5-6-7-23-14-18-26(19-15-23)27-20-16-25(17-21-27)13-12-24-10-8-22(2)9-11-24/h9-12,15-16,19-20,26,28H,3-8,17-18,21-22H2,1-2H3;8-11,14-15,18-19,25,27H,3-7,16-17,20-21H2,1-2H3. The Hall–Kier alpha value is -4.00. The summed E-state index contributed by atoms with van der Waals surface area (Å²) < 4.78 is 0. The lowest BCUT2D eigenvalue weighted by atomic mass is 9.78. The van der Waals surface area contributed by atoms with Crippen LogP contribution in [0.15, 0.2) is 97.1 Å². The number of hydrogen-bond acceptors (Lipinski definition) is 0. The maximum atomic E-state index is 3.53. The molecule has 0 heterocycles. The fraction of sp³-hybridized carbons (Fsp3) is 0.491. The molecule has 2 saturated carbocycles. The van der Waals surface area contributed by atoms with Gasteiger partial charge in [0.1, 0.15) is 0 Å². The van der Waals surface area contributed by atoms with Crippen molar-refractivity contribution in [3.05, 3.63) is 142 Å². The number of hydrogen-bond donors (Lipinski definition) is 0. The van der Waals surface area contributed by atoms with Crippen LogP contribution in [0.5, 0.6) is 0 Å². The van der Waals surface area contributed by atoms with Crippen molar-refractivity contribution in [1.82, 2.24) is 0 Å². The molecular weight excluding hydrogens is 661 g/mol. The van der Waals surface area contributed by atoms with Crippen LogP contribution in [0.2, 0.25) is 0 Å². The van der Waals surface area contributed by atoms with Gasteiger partial charge in [0.05, 0.1) is 0 Å². The lowest BCUT2D eigenvalue weighted by molar-refractivity contribution is 0.384. The van der Waals surface area contributed by atoms with Crippen LogP contribution >= 0.6 is 0 Å². The molecule has 55 heavy (non-hydrogen) atoms. The van der Waals surface area contributed by atoms with E-state index in [4.69, 9.17) is 0 Å². The SMILES string of the molecule is CCCCCCCc1ccc(C2CCC(C#Cc3ccc(C)cc3)CC2)cc1.CCCCCCc1ccc(C2CCC(C#Cc3ccc(C)cc3)CC2)cc1. The summed E-state index contributed by atoms with van der Waals surface area (Å²) >= 11 is 0. The van der Waals surface area contributed by atoms with Gasteiger partial charge in [0.15, 0.2) is 0 Å². The first-order valence-electron chi connectivity index (χ1n) is 22.3. The van der Waals surface area contributed by atoms with Gasteiger partial charge in [0.25, 0.3) is 0 Å². The molecule has 6 rings (SSSR count). The molecule has 0 bridgehead atoms. The lowest BCUT2D eigenvalue weighted by Gasteiger charge is -2.26. The Balaban J connectivity index is 0.000000211. The molecule has 0 aromatic heterocycles. The molecule has 4 aromatic rings. The van der Waals surface area contributed by atoms with Gasteiger partial charge >= 0.3 is 0 Å². The second-order valence-electron chi connectivity index (χ2n) is 16.8. The largest absolute Gasteiger partial charge is 0.0945 e. The van der Waals surface area contributed by atoms with Crippen molar-refractivity contribution in [3.63, 3.8) is 0 Å². The van der Waals surface area contributed by atoms with E-state index in [-0.39, 0.29) is 0 Å². The average Bonchev–Trinajstić information content (AvgIpc) is 3.23. The zero-order chi connectivity index (χ0) is 38.5. The summed E-state index contributed by atoms with van der Waals surface area (Å²) in [5, 5.41) is 0. The zero-order valence-electron chi connectivity index (χ0n) is 35.0. The van der Waals surface area contributed by atoms with Gasteiger partial charge in [-0.05, 0) is 149 Å². The van der Waals surface area contributed by atoms with Crippen LogP contribution in [0, 0.1) is 49.4 Å². The Bertz CT molecular complexity index is 1750. The topological polar surface area (TPSA) is 0 Å². The van der Waals surface area contributed by atoms with E-state index in [2.05, 4.69) is 148 Å². The molecule has 2 fully saturated rings. The maximum absolute atomic E-state index is 3.53. The van der Waals surface area contributed by atoms with Crippen LogP contribution in [0.3, 0.4) is 0 Å². The molecule has 0 spiro atoms. The quantitative estimate of drug-likeness (QED) is 0.0949. The molecule has 0 nitrogen and oxygen atoms in total. The summed E-state index contributed by atoms with van der Waals surface area (Å²) in [6.07, 6.45) is 24.8. The first-order chi connectivity index (χ1) is 27.0. The normalized spacial score (nSPS) is 19.2. The molecule has 0 atom stereocenters. The molecule has 0 radical (unpaired) electrons. The van der Waals surface area contributed by atoms with Gasteiger partial charge in [0, 0.05) is 23.0 Å². The van der Waals surface area contributed by atoms with E-state index in [1.54, 1.807) is 5.56 Å². The molecule has 0 heteroatoms. The van der Waals surface area contributed by atoms with E-state index in [1.807, 2.05) is 0 Å². The fourth-order valence-corrected chi connectivity index (χ4v) is 8.39. The Morgan fingerprint density at radius 3 is 1.11 bits per heavy atom. The van der Waals surface area contributed by atoms with Crippen LogP contribution in [-0.2, 0) is 12.8 Å². The molecular formula is C55H70. The summed E-state index contributed by atoms with van der Waals surface area (Å²) in [6.45, 7) is 8.80. The first-order valence-corrected chi connectivity index (χ1v) is 22.3. The van der Waals surface area contributed by atoms with E-state index in [0.29, 0.717) is 11.8 Å². The van der Waals surface area contributed by atoms with Crippen LogP contribution in [0.25, 0.3) is 0 Å². The highest BCUT2D eigenvalue weighted by Gasteiger charge is 2.22. The Morgan fingerprint density at radius 2 is 0.745 bits per heavy atom. The Labute approximate surface area is 337 Å². The van der Waals surface area contributed by atoms with E-state index in [0.717, 1.165) is 23.0 Å². The molecule has 290 valence electrons. The van der Waals surface area contributed by atoms with Crippen molar-refractivity contribution in [2.24, 2.45) is 11.8 Å². The lowest BCUT2D eigenvalue weighted by Crippen LogP contribution is -2.12. The summed E-state index contributed by atoms with van der Waals surface area (Å²) in [6, 6.07) is 36.2. The van der Waals surface area contributed by atoms with Crippen molar-refractivity contribution in [2.45, 2.75) is 162 Å². The highest BCUT2D eigenvalue weighted by atomic mass is 14.3. The third-order valence-corrected chi connectivity index (χ3v) is 12.2. The number of aryl methyl sites for hydroxylation is 4. The monoisotopic (exact) mass is 731 g/mol. The smallest absolute Gasteiger partial charge is 0.0245 e. The predicted octanol–water partition coefficient (Wildman–Crippen LogP) is 15.3. The van der Waals surface area contributed by atoms with Crippen molar-refractivity contribution in [3.8, 4) is 23.7 Å². The van der Waals surface area contributed by atoms with Gasteiger partial charge in [-0.25, -0.2) is 0 Å². The number of unbranched alkanes of at least 4 members (excludes halogenated alkanes) is 7. The van der Waals surface area contributed by atoms with Crippen LogP contribution in [0.1, 0.15) is 179 Å². The first kappa shape index (κ1) is 42.1. The predicted molar refractivity (Wildman–Crippen MR) is 239 cm³/mol. The van der Waals surface area contributed by atoms with Crippen LogP contribution in [0.4, 0.5) is 0 Å². The third kappa shape index (κ3) is 15.2. The van der Waals surface area contributed by atoms with E-state index < -0.39 is 0 Å². The van der Waals surface area contributed by atoms with Crippen molar-refractivity contribution in [1.29, 1.82) is 0 Å². The van der Waals surface area contributed by atoms with Crippen molar-refractivity contribution < 1.29 is 0 Å². The highest BCUT2D eigenvalue weighted by Crippen LogP contribution is 2.37. The van der Waals surface area contributed by atoms with Crippen LogP contribution < -0.4 is 0 Å². The van der Waals surface area contributed by atoms with Gasteiger partial charge < -0.3 is 0 Å². The molecule has 4 aromatic carbocycles. The van der Waals surface area contributed by atoms with Crippen LogP contribution in [-0.4, -0.2) is 0 Å². The molecule has 0 N–H and O–H groups in total. The van der Waals surface area contributed by atoms with Gasteiger partial charge in [-0.3, -0.25) is 0 Å². The minimum atomic E-state index is 0.569. The van der Waals surface area contributed by atoms with E-state index >= 15 is 0 Å². The van der Waals surface area contributed by atoms with E-state index in [1.165, 1.54) is 150 Å². The Kier molecular flexibility index (Phi) is 18.3. The maximum Gasteiger partial charge on any atom is 0.0245 e. The van der Waals surface area contributed by atoms with Gasteiger partial charge in [0.2, 0.25) is 0 Å². The number of benzene rings is 4. The summed E-state index contributed by atoms with van der Waals surface area (Å²) in [5.74, 6) is 16.4. The minimum absolute atomic E-state index is 0.569. The van der Waals surface area contributed by atoms with Gasteiger partial charge in [-0.2, -0.15) is 0 Å². The molecule has 0 amide bonds. The average molecular weight is 731 g/mol. The second kappa shape index (κ2) is 23.8. The summed E-state index contributed by atoms with van der Waals surface area (Å²) in [7, 11) is 0. The Morgan fingerprint density at radius 1 is 0.400 bits per heavy atom. The van der Waals surface area contributed by atoms with Gasteiger partial charge in [-0.15, -0.1) is 0 Å². The summed E-state index contributed by atoms with van der Waals surface area (Å²) in [4.78, 5) is 0. The fourth-order valence-electron chi connectivity index (χ4n) is 8.39.